The van der Waals surface area contributed by atoms with Crippen molar-refractivity contribution < 1.29 is 4.39 Å². The van der Waals surface area contributed by atoms with Crippen LogP contribution in [0.4, 0.5) is 4.39 Å². The molecule has 2 aromatic carbocycles. The number of halogens is 3. The van der Waals surface area contributed by atoms with Gasteiger partial charge in [-0.3, -0.25) is 0 Å². The predicted octanol–water partition coefficient (Wildman–Crippen LogP) is 6.04. The summed E-state index contributed by atoms with van der Waals surface area (Å²) >= 11 is 12.5. The number of hydrogen-bond acceptors (Lipinski definition) is 0. The molecule has 0 spiro atoms. The fourth-order valence-electron chi connectivity index (χ4n) is 2.49. The van der Waals surface area contributed by atoms with Gasteiger partial charge in [-0.05, 0) is 73.7 Å². The van der Waals surface area contributed by atoms with E-state index in [4.69, 9.17) is 23.2 Å². The van der Waals surface area contributed by atoms with E-state index in [2.05, 4.69) is 6.07 Å². The standard InChI is InChI=1S/C17H17Cl2F/c1-9-7-10(2)12(4)16(11(9)3)17(19)14-8-13(18)5-6-15(14)20/h5-8,17H,1-4H3. The van der Waals surface area contributed by atoms with E-state index in [0.717, 1.165) is 27.8 Å². The summed E-state index contributed by atoms with van der Waals surface area (Å²) in [6.45, 7) is 8.14. The average Bonchev–Trinajstić information content (AvgIpc) is 2.39. The Hall–Kier alpha value is -1.05. The van der Waals surface area contributed by atoms with Gasteiger partial charge in [-0.1, -0.05) is 17.7 Å². The molecule has 0 bridgehead atoms. The lowest BCUT2D eigenvalue weighted by molar-refractivity contribution is 0.612. The molecular weight excluding hydrogens is 294 g/mol. The molecule has 0 radical (unpaired) electrons. The van der Waals surface area contributed by atoms with E-state index in [9.17, 15) is 4.39 Å². The van der Waals surface area contributed by atoms with Crippen LogP contribution in [0.3, 0.4) is 0 Å². The quantitative estimate of drug-likeness (QED) is 0.593. The van der Waals surface area contributed by atoms with Crippen molar-refractivity contribution in [2.45, 2.75) is 33.1 Å². The van der Waals surface area contributed by atoms with Gasteiger partial charge in [0.1, 0.15) is 5.82 Å². The molecule has 0 aliphatic rings. The van der Waals surface area contributed by atoms with Gasteiger partial charge in [0, 0.05) is 10.6 Å². The number of benzene rings is 2. The summed E-state index contributed by atoms with van der Waals surface area (Å²) < 4.78 is 14.0. The van der Waals surface area contributed by atoms with Gasteiger partial charge in [-0.25, -0.2) is 4.39 Å². The van der Waals surface area contributed by atoms with E-state index in [1.54, 1.807) is 6.07 Å². The van der Waals surface area contributed by atoms with Crippen molar-refractivity contribution >= 4 is 23.2 Å². The summed E-state index contributed by atoms with van der Waals surface area (Å²) in [6, 6.07) is 6.63. The average molecular weight is 311 g/mol. The third kappa shape index (κ3) is 2.70. The fourth-order valence-corrected chi connectivity index (χ4v) is 3.17. The Kier molecular flexibility index (Phi) is 4.41. The first-order chi connectivity index (χ1) is 9.32. The van der Waals surface area contributed by atoms with E-state index < -0.39 is 5.38 Å². The van der Waals surface area contributed by atoms with Crippen LogP contribution in [0.15, 0.2) is 24.3 Å². The highest BCUT2D eigenvalue weighted by Gasteiger charge is 2.21. The fraction of sp³-hybridized carbons (Fsp3) is 0.294. The van der Waals surface area contributed by atoms with Gasteiger partial charge in [0.05, 0.1) is 5.38 Å². The first-order valence-corrected chi connectivity index (χ1v) is 7.30. The zero-order valence-corrected chi connectivity index (χ0v) is 13.5. The first kappa shape index (κ1) is 15.3. The molecule has 0 fully saturated rings. The van der Waals surface area contributed by atoms with Crippen molar-refractivity contribution in [3.63, 3.8) is 0 Å². The minimum atomic E-state index is -0.535. The molecule has 0 heterocycles. The Labute approximate surface area is 129 Å². The van der Waals surface area contributed by atoms with Crippen LogP contribution >= 0.6 is 23.2 Å². The van der Waals surface area contributed by atoms with Crippen molar-refractivity contribution in [2.24, 2.45) is 0 Å². The van der Waals surface area contributed by atoms with Crippen molar-refractivity contribution in [3.8, 4) is 0 Å². The maximum Gasteiger partial charge on any atom is 0.128 e. The Morgan fingerprint density at radius 3 is 2.05 bits per heavy atom. The van der Waals surface area contributed by atoms with E-state index in [0.29, 0.717) is 10.6 Å². The lowest BCUT2D eigenvalue weighted by Gasteiger charge is -2.20. The second-order valence-electron chi connectivity index (χ2n) is 5.20. The third-order valence-electron chi connectivity index (χ3n) is 3.91. The Morgan fingerprint density at radius 2 is 1.50 bits per heavy atom. The largest absolute Gasteiger partial charge is 0.207 e. The molecule has 2 rings (SSSR count). The number of hydrogen-bond donors (Lipinski definition) is 0. The van der Waals surface area contributed by atoms with Gasteiger partial charge in [0.25, 0.3) is 0 Å². The van der Waals surface area contributed by atoms with Gasteiger partial charge in [-0.2, -0.15) is 0 Å². The summed E-state index contributed by atoms with van der Waals surface area (Å²) in [6.07, 6.45) is 0. The Morgan fingerprint density at radius 1 is 0.950 bits per heavy atom. The molecule has 0 saturated heterocycles. The predicted molar refractivity (Wildman–Crippen MR) is 84.5 cm³/mol. The van der Waals surface area contributed by atoms with Crippen molar-refractivity contribution in [1.29, 1.82) is 0 Å². The van der Waals surface area contributed by atoms with E-state index >= 15 is 0 Å². The van der Waals surface area contributed by atoms with Gasteiger partial charge in [-0.15, -0.1) is 11.6 Å². The molecule has 2 aromatic rings. The van der Waals surface area contributed by atoms with Crippen LogP contribution in [-0.4, -0.2) is 0 Å². The Bertz CT molecular complexity index is 636. The molecule has 106 valence electrons. The molecule has 0 aliphatic heterocycles. The number of aryl methyl sites for hydroxylation is 2. The molecule has 0 saturated carbocycles. The van der Waals surface area contributed by atoms with Gasteiger partial charge in [0.2, 0.25) is 0 Å². The molecule has 20 heavy (non-hydrogen) atoms. The van der Waals surface area contributed by atoms with Crippen LogP contribution in [0.1, 0.15) is 38.8 Å². The molecule has 1 unspecified atom stereocenters. The van der Waals surface area contributed by atoms with Crippen molar-refractivity contribution in [3.05, 3.63) is 68.5 Å². The first-order valence-electron chi connectivity index (χ1n) is 6.49. The van der Waals surface area contributed by atoms with Crippen LogP contribution in [0.5, 0.6) is 0 Å². The number of rotatable bonds is 2. The Balaban J connectivity index is 2.65. The second-order valence-corrected chi connectivity index (χ2v) is 6.08. The zero-order chi connectivity index (χ0) is 15.0. The van der Waals surface area contributed by atoms with E-state index in [-0.39, 0.29) is 5.82 Å². The summed E-state index contributed by atoms with van der Waals surface area (Å²) in [5, 5.41) is -0.0426. The van der Waals surface area contributed by atoms with Crippen LogP contribution in [0.25, 0.3) is 0 Å². The molecule has 0 N–H and O–H groups in total. The van der Waals surface area contributed by atoms with Crippen LogP contribution in [-0.2, 0) is 0 Å². The lowest BCUT2D eigenvalue weighted by Crippen LogP contribution is -2.05. The van der Waals surface area contributed by atoms with E-state index in [1.165, 1.54) is 12.1 Å². The molecule has 0 aliphatic carbocycles. The summed E-state index contributed by atoms with van der Waals surface area (Å²) in [7, 11) is 0. The SMILES string of the molecule is Cc1cc(C)c(C)c(C(Cl)c2cc(Cl)ccc2F)c1C. The molecule has 1 atom stereocenters. The molecular formula is C17H17Cl2F. The molecule has 0 nitrogen and oxygen atoms in total. The van der Waals surface area contributed by atoms with Crippen LogP contribution in [0, 0.1) is 33.5 Å². The molecule has 3 heteroatoms. The highest BCUT2D eigenvalue weighted by atomic mass is 35.5. The lowest BCUT2D eigenvalue weighted by atomic mass is 9.90. The second kappa shape index (κ2) is 5.75. The van der Waals surface area contributed by atoms with Crippen molar-refractivity contribution in [1.82, 2.24) is 0 Å². The van der Waals surface area contributed by atoms with Crippen LogP contribution in [0.2, 0.25) is 5.02 Å². The minimum absolute atomic E-state index is 0.327. The highest BCUT2D eigenvalue weighted by Crippen LogP contribution is 2.37. The summed E-state index contributed by atoms with van der Waals surface area (Å²) in [5.74, 6) is -0.327. The third-order valence-corrected chi connectivity index (χ3v) is 4.60. The van der Waals surface area contributed by atoms with Crippen LogP contribution < -0.4 is 0 Å². The monoisotopic (exact) mass is 310 g/mol. The highest BCUT2D eigenvalue weighted by molar-refractivity contribution is 6.31. The minimum Gasteiger partial charge on any atom is -0.207 e. The summed E-state index contributed by atoms with van der Waals surface area (Å²) in [5.41, 5.74) is 5.94. The maximum absolute atomic E-state index is 14.0. The molecule has 0 aromatic heterocycles. The number of alkyl halides is 1. The van der Waals surface area contributed by atoms with Gasteiger partial charge < -0.3 is 0 Å². The zero-order valence-electron chi connectivity index (χ0n) is 12.0. The summed E-state index contributed by atoms with van der Waals surface area (Å²) in [4.78, 5) is 0. The van der Waals surface area contributed by atoms with Crippen molar-refractivity contribution in [2.75, 3.05) is 0 Å². The topological polar surface area (TPSA) is 0 Å². The van der Waals surface area contributed by atoms with E-state index in [1.807, 2.05) is 27.7 Å². The normalized spacial score (nSPS) is 12.6. The van der Waals surface area contributed by atoms with Gasteiger partial charge in [0.15, 0.2) is 0 Å². The smallest absolute Gasteiger partial charge is 0.128 e. The molecule has 0 amide bonds. The van der Waals surface area contributed by atoms with Gasteiger partial charge >= 0.3 is 0 Å². The maximum atomic E-state index is 14.0.